The molecule has 0 radical (unpaired) electrons. The monoisotopic (exact) mass is 607 g/mol. The Morgan fingerprint density at radius 2 is 1.55 bits per heavy atom. The third-order valence-electron chi connectivity index (χ3n) is 5.42. The van der Waals surface area contributed by atoms with Crippen molar-refractivity contribution in [1.82, 2.24) is 0 Å². The molecule has 4 nitrogen and oxygen atoms in total. The van der Waals surface area contributed by atoms with Crippen molar-refractivity contribution < 1.29 is 45.3 Å². The molecule has 3 rings (SSSR count). The normalized spacial score (nSPS) is 13.2. The first-order valence-electron chi connectivity index (χ1n) is 11.3. The van der Waals surface area contributed by atoms with Crippen molar-refractivity contribution >= 4 is 25.8 Å². The molecule has 0 spiro atoms. The molecule has 0 aliphatic heterocycles. The van der Waals surface area contributed by atoms with E-state index >= 15 is 0 Å². The maximum absolute atomic E-state index is 13.3. The van der Waals surface area contributed by atoms with Crippen molar-refractivity contribution in [1.29, 1.82) is 0 Å². The van der Waals surface area contributed by atoms with Gasteiger partial charge in [-0.3, -0.25) is 0 Å². The molecule has 3 aromatic carbocycles. The van der Waals surface area contributed by atoms with E-state index in [0.717, 1.165) is 33.0 Å². The number of rotatable bonds is 12. The molecule has 2 unspecified atom stereocenters. The van der Waals surface area contributed by atoms with Gasteiger partial charge in [-0.2, -0.15) is 0 Å². The molecule has 206 valence electrons. The zero-order valence-corrected chi connectivity index (χ0v) is 22.2. The Balaban J connectivity index is 1.81. The topological polar surface area (TPSA) is 41.9 Å². The zero-order valence-electron chi connectivity index (χ0n) is 20.1. The first-order valence-corrected chi connectivity index (χ1v) is 13.8. The summed E-state index contributed by atoms with van der Waals surface area (Å²) in [7, 11) is 1.57. The zero-order chi connectivity index (χ0) is 27.9. The Morgan fingerprint density at radius 3 is 2.18 bits per heavy atom. The molecular weight excluding hydrogens is 582 g/mol. The molecule has 12 heteroatoms. The molecule has 0 amide bonds. The summed E-state index contributed by atoms with van der Waals surface area (Å²) in [5.41, 5.74) is 1.69. The van der Waals surface area contributed by atoms with Crippen LogP contribution in [0.25, 0.3) is 0 Å². The molecule has 2 atom stereocenters. The van der Waals surface area contributed by atoms with E-state index in [9.17, 15) is 35.8 Å². The van der Waals surface area contributed by atoms with Crippen LogP contribution in [0.2, 0.25) is 0 Å². The van der Waals surface area contributed by atoms with E-state index in [4.69, 9.17) is 4.74 Å². The van der Waals surface area contributed by atoms with Crippen LogP contribution in [-0.4, -0.2) is 59.3 Å². The van der Waals surface area contributed by atoms with Gasteiger partial charge in [-0.25, -0.2) is 0 Å². The van der Waals surface area contributed by atoms with Crippen LogP contribution in [-0.2, 0) is 11.8 Å². The summed E-state index contributed by atoms with van der Waals surface area (Å²) in [6.45, 7) is -1.06. The van der Waals surface area contributed by atoms with E-state index in [1.807, 2.05) is 30.3 Å². The summed E-state index contributed by atoms with van der Waals surface area (Å²) in [5.74, 6) is 0.158. The second-order valence-electron chi connectivity index (χ2n) is 8.30. The number of methoxy groups -OCH3 is 1. The first-order chi connectivity index (χ1) is 17.9. The van der Waals surface area contributed by atoms with Crippen LogP contribution in [0, 0.1) is 0 Å². The van der Waals surface area contributed by atoms with E-state index in [2.05, 4.69) is 4.74 Å². The van der Waals surface area contributed by atoms with Gasteiger partial charge in [0, 0.05) is 0 Å². The predicted molar refractivity (Wildman–Crippen MR) is 131 cm³/mol. The van der Waals surface area contributed by atoms with Gasteiger partial charge in [-0.15, -0.1) is 0 Å². The fourth-order valence-corrected chi connectivity index (χ4v) is 5.79. The molecule has 0 bridgehead atoms. The van der Waals surface area contributed by atoms with E-state index in [-0.39, 0.29) is 12.1 Å². The maximum atomic E-state index is 13.3. The van der Waals surface area contributed by atoms with E-state index in [1.165, 1.54) is 17.0 Å². The number of ether oxygens (including phenoxy) is 2. The van der Waals surface area contributed by atoms with Gasteiger partial charge in [0.05, 0.1) is 0 Å². The predicted octanol–water partition coefficient (Wildman–Crippen LogP) is 5.12. The van der Waals surface area contributed by atoms with Crippen LogP contribution >= 0.6 is 0 Å². The number of aliphatic hydroxyl groups is 1. The van der Waals surface area contributed by atoms with Crippen LogP contribution in [0.1, 0.15) is 11.1 Å². The van der Waals surface area contributed by atoms with Crippen LogP contribution in [0.15, 0.2) is 72.8 Å². The van der Waals surface area contributed by atoms with Gasteiger partial charge in [0.25, 0.3) is 0 Å². The Hall–Kier alpha value is -2.91. The van der Waals surface area contributed by atoms with Crippen molar-refractivity contribution in [3.05, 3.63) is 83.9 Å². The minimum atomic E-state index is -4.89. The number of aliphatic hydroxyl groups excluding tert-OH is 1. The fraction of sp³-hybridized carbons (Fsp3) is 0.308. The molecule has 0 saturated heterocycles. The Bertz CT molecular complexity index is 1180. The van der Waals surface area contributed by atoms with Crippen molar-refractivity contribution in [2.24, 2.45) is 0 Å². The Kier molecular flexibility index (Phi) is 9.95. The van der Waals surface area contributed by atoms with E-state index in [0.29, 0.717) is 5.69 Å². The summed E-state index contributed by atoms with van der Waals surface area (Å²) in [4.78, 5) is 1.26. The molecule has 0 fully saturated rings. The molecule has 0 aliphatic carbocycles. The molecule has 1 N–H and O–H groups in total. The number of alkyl halides is 7. The number of anilines is 1. The molecule has 3 aromatic rings. The summed E-state index contributed by atoms with van der Waals surface area (Å²) in [6.07, 6.45) is -16.4. The number of benzene rings is 3. The average molecular weight is 607 g/mol. The van der Waals surface area contributed by atoms with Gasteiger partial charge in [0.1, 0.15) is 0 Å². The second kappa shape index (κ2) is 12.8. The summed E-state index contributed by atoms with van der Waals surface area (Å²) >= 11 is -0.723. The fourth-order valence-electron chi connectivity index (χ4n) is 3.46. The third-order valence-corrected chi connectivity index (χ3v) is 8.15. The quantitative estimate of drug-likeness (QED) is 0.229. The van der Waals surface area contributed by atoms with Crippen LogP contribution < -0.4 is 18.7 Å². The van der Waals surface area contributed by atoms with Gasteiger partial charge in [-0.05, 0) is 0 Å². The summed E-state index contributed by atoms with van der Waals surface area (Å²) < 4.78 is 101. The summed E-state index contributed by atoms with van der Waals surface area (Å²) in [6, 6.07) is 19.2. The van der Waals surface area contributed by atoms with Gasteiger partial charge in [0.15, 0.2) is 0 Å². The van der Waals surface area contributed by atoms with Crippen LogP contribution in [0.3, 0.4) is 0 Å². The van der Waals surface area contributed by atoms with Crippen LogP contribution in [0.4, 0.5) is 36.4 Å². The summed E-state index contributed by atoms with van der Waals surface area (Å²) in [5, 5.41) is 10.5. The molecule has 38 heavy (non-hydrogen) atoms. The SMILES string of the molecule is COc1ccc(C[AsH]c2cccc(N(Cc3cccc(OC(F)(F)C(F)F)c3)CC(O)C(F)(F)F)c2)cc1. The minimum absolute atomic E-state index is 0.224. The second-order valence-corrected chi connectivity index (χ2v) is 11.0. The van der Waals surface area contributed by atoms with Gasteiger partial charge < -0.3 is 0 Å². The molecular formula is C26H25AsF7NO3. The van der Waals surface area contributed by atoms with Crippen molar-refractivity contribution in [2.45, 2.75) is 36.6 Å². The van der Waals surface area contributed by atoms with Crippen LogP contribution in [0.5, 0.6) is 11.5 Å². The van der Waals surface area contributed by atoms with Gasteiger partial charge in [-0.1, -0.05) is 0 Å². The van der Waals surface area contributed by atoms with Crippen molar-refractivity contribution in [3.8, 4) is 11.5 Å². The third kappa shape index (κ3) is 8.56. The molecule has 0 aliphatic rings. The average Bonchev–Trinajstić information content (AvgIpc) is 2.87. The van der Waals surface area contributed by atoms with Gasteiger partial charge in [0.2, 0.25) is 0 Å². The first kappa shape index (κ1) is 29.6. The van der Waals surface area contributed by atoms with E-state index < -0.39 is 52.9 Å². The van der Waals surface area contributed by atoms with Crippen molar-refractivity contribution in [2.75, 3.05) is 18.6 Å². The molecule has 0 heterocycles. The van der Waals surface area contributed by atoms with Crippen molar-refractivity contribution in [3.63, 3.8) is 0 Å². The van der Waals surface area contributed by atoms with Gasteiger partial charge >= 0.3 is 222 Å². The Labute approximate surface area is 221 Å². The molecule has 0 saturated carbocycles. The van der Waals surface area contributed by atoms with E-state index in [1.54, 1.807) is 25.3 Å². The Morgan fingerprint density at radius 1 is 0.868 bits per heavy atom. The standard InChI is InChI=1S/C26H25AsF7NO3/c1-37-21-10-8-17(9-11-21)14-27-19-5-3-6-20(13-19)35(16-23(36)25(30,31)32)15-18-4-2-7-22(12-18)38-26(33,34)24(28)29/h2-13,23-24,27,36H,14-16H2,1H3. The number of hydrogen-bond donors (Lipinski definition) is 1. The number of hydrogen-bond acceptors (Lipinski definition) is 4. The number of halogens is 7. The number of nitrogens with zero attached hydrogens (tertiary/aromatic N) is 1. The molecule has 0 aromatic heterocycles.